The summed E-state index contributed by atoms with van der Waals surface area (Å²) in [6.07, 6.45) is -4.49. The molecule has 134 valence electrons. The zero-order chi connectivity index (χ0) is 19.4. The van der Waals surface area contributed by atoms with Gasteiger partial charge in [0.15, 0.2) is 5.78 Å². The molecule has 0 amide bonds. The summed E-state index contributed by atoms with van der Waals surface area (Å²) in [5, 5.41) is 9.92. The number of hydrogen-bond donors (Lipinski definition) is 3. The number of carbonyl (C=O) groups is 2. The molecule has 0 aliphatic rings. The van der Waals surface area contributed by atoms with E-state index in [1.54, 1.807) is 0 Å². The van der Waals surface area contributed by atoms with E-state index in [1.165, 1.54) is 0 Å². The van der Waals surface area contributed by atoms with Crippen LogP contribution in [0.3, 0.4) is 0 Å². The van der Waals surface area contributed by atoms with Crippen molar-refractivity contribution in [3.63, 3.8) is 0 Å². The number of esters is 1. The lowest BCUT2D eigenvalue weighted by Crippen LogP contribution is -2.30. The van der Waals surface area contributed by atoms with Crippen molar-refractivity contribution in [2.45, 2.75) is 13.1 Å². The third-order valence-corrected chi connectivity index (χ3v) is 3.10. The maximum Gasteiger partial charge on any atom is 0.416 e. The average molecular weight is 355 g/mol. The van der Waals surface area contributed by atoms with Gasteiger partial charge < -0.3 is 15.8 Å². The van der Waals surface area contributed by atoms with Crippen LogP contribution in [-0.4, -0.2) is 24.7 Å². The molecule has 0 bridgehead atoms. The highest BCUT2D eigenvalue weighted by atomic mass is 19.4. The Morgan fingerprint density at radius 1 is 1.24 bits per heavy atom. The van der Waals surface area contributed by atoms with Crippen LogP contribution in [0.5, 0.6) is 0 Å². The van der Waals surface area contributed by atoms with Crippen molar-refractivity contribution in [3.8, 4) is 0 Å². The molecule has 0 fully saturated rings. The van der Waals surface area contributed by atoms with E-state index in [2.05, 4.69) is 16.6 Å². The zero-order valence-corrected chi connectivity index (χ0v) is 13.5. The first kappa shape index (κ1) is 19.9. The lowest BCUT2D eigenvalue weighted by molar-refractivity contribution is -0.138. The molecule has 0 spiro atoms. The molecule has 0 atom stereocenters. The van der Waals surface area contributed by atoms with Gasteiger partial charge in [0.2, 0.25) is 0 Å². The smallest absolute Gasteiger partial charge is 0.416 e. The molecular weight excluding hydrogens is 339 g/mol. The monoisotopic (exact) mass is 355 g/mol. The highest BCUT2D eigenvalue weighted by Crippen LogP contribution is 2.29. The Labute approximate surface area is 141 Å². The van der Waals surface area contributed by atoms with Gasteiger partial charge in [-0.15, -0.1) is 0 Å². The maximum atomic E-state index is 12.6. The van der Waals surface area contributed by atoms with Gasteiger partial charge in [-0.2, -0.15) is 13.2 Å². The van der Waals surface area contributed by atoms with E-state index < -0.39 is 40.6 Å². The van der Waals surface area contributed by atoms with Crippen molar-refractivity contribution in [3.05, 3.63) is 53.2 Å². The van der Waals surface area contributed by atoms with Gasteiger partial charge in [-0.1, -0.05) is 18.7 Å². The standard InChI is InChI=1S/C16H16F3N3O3/c1-8(10-4-6-11(7-5-10)16(17,18)19)22-13(15(24)25-3)12(9(2)23)14(20)21/h4-7,22H,1H2,2-3H3,(H3,20,21). The Kier molecular flexibility index (Phi) is 6.10. The Morgan fingerprint density at radius 3 is 2.12 bits per heavy atom. The van der Waals surface area contributed by atoms with Crippen LogP contribution in [0.4, 0.5) is 13.2 Å². The molecule has 25 heavy (non-hydrogen) atoms. The zero-order valence-electron chi connectivity index (χ0n) is 13.5. The molecule has 9 heteroatoms. The predicted octanol–water partition coefficient (Wildman–Crippen LogP) is 2.22. The fourth-order valence-electron chi connectivity index (χ4n) is 1.90. The van der Waals surface area contributed by atoms with Crippen LogP contribution in [0.2, 0.25) is 0 Å². The van der Waals surface area contributed by atoms with Crippen molar-refractivity contribution in [1.29, 1.82) is 5.41 Å². The van der Waals surface area contributed by atoms with E-state index in [9.17, 15) is 22.8 Å². The number of hydrogen-bond acceptors (Lipinski definition) is 5. The molecule has 0 radical (unpaired) electrons. The summed E-state index contributed by atoms with van der Waals surface area (Å²) >= 11 is 0. The van der Waals surface area contributed by atoms with Crippen molar-refractivity contribution < 1.29 is 27.5 Å². The number of ketones is 1. The Hall–Kier alpha value is -3.10. The largest absolute Gasteiger partial charge is 0.464 e. The van der Waals surface area contributed by atoms with Crippen LogP contribution < -0.4 is 11.1 Å². The van der Waals surface area contributed by atoms with Crippen LogP contribution in [0.1, 0.15) is 18.1 Å². The van der Waals surface area contributed by atoms with E-state index in [4.69, 9.17) is 11.1 Å². The third kappa shape index (κ3) is 4.93. The third-order valence-electron chi connectivity index (χ3n) is 3.10. The summed E-state index contributed by atoms with van der Waals surface area (Å²) in [5.41, 5.74) is 3.89. The average Bonchev–Trinajstić information content (AvgIpc) is 2.51. The molecule has 0 saturated heterocycles. The number of carbonyl (C=O) groups excluding carboxylic acids is 2. The van der Waals surface area contributed by atoms with Crippen molar-refractivity contribution in [2.24, 2.45) is 5.73 Å². The molecule has 0 aromatic heterocycles. The Balaban J connectivity index is 3.24. The van der Waals surface area contributed by atoms with Gasteiger partial charge >= 0.3 is 12.1 Å². The van der Waals surface area contributed by atoms with Gasteiger partial charge in [-0.3, -0.25) is 10.2 Å². The molecule has 6 nitrogen and oxygen atoms in total. The predicted molar refractivity (Wildman–Crippen MR) is 85.3 cm³/mol. The number of rotatable bonds is 6. The molecular formula is C16H16F3N3O3. The number of methoxy groups -OCH3 is 1. The quantitative estimate of drug-likeness (QED) is 0.314. The fourth-order valence-corrected chi connectivity index (χ4v) is 1.90. The van der Waals surface area contributed by atoms with E-state index in [1.807, 2.05) is 0 Å². The van der Waals surface area contributed by atoms with E-state index >= 15 is 0 Å². The second-order valence-corrected chi connectivity index (χ2v) is 4.89. The van der Waals surface area contributed by atoms with E-state index in [0.29, 0.717) is 0 Å². The Bertz CT molecular complexity index is 734. The number of nitrogens with two attached hydrogens (primary N) is 1. The molecule has 1 aromatic carbocycles. The first-order chi connectivity index (χ1) is 11.5. The summed E-state index contributed by atoms with van der Waals surface area (Å²) in [6, 6.07) is 3.99. The van der Waals surface area contributed by atoms with Crippen LogP contribution >= 0.6 is 0 Å². The molecule has 1 aromatic rings. The summed E-state index contributed by atoms with van der Waals surface area (Å²) < 4.78 is 42.3. The lowest BCUT2D eigenvalue weighted by Gasteiger charge is -2.15. The SMILES string of the molecule is C=C(NC(C(=O)OC)=C(C(=N)N)C(C)=O)c1ccc(C(F)(F)F)cc1. The normalized spacial score (nSPS) is 12.0. The number of Topliss-reactive ketones (excluding diaryl/α,β-unsaturated/α-hetero) is 1. The number of nitrogens with one attached hydrogen (secondary N) is 2. The van der Waals surface area contributed by atoms with E-state index in [0.717, 1.165) is 38.3 Å². The highest BCUT2D eigenvalue weighted by molar-refractivity contribution is 6.23. The summed E-state index contributed by atoms with van der Waals surface area (Å²) in [6.45, 7) is 4.72. The minimum absolute atomic E-state index is 0.0223. The summed E-state index contributed by atoms with van der Waals surface area (Å²) in [5.74, 6) is -2.31. The maximum absolute atomic E-state index is 12.6. The minimum atomic E-state index is -4.49. The van der Waals surface area contributed by atoms with Crippen molar-refractivity contribution >= 4 is 23.3 Å². The van der Waals surface area contributed by atoms with Crippen LogP contribution in [0.25, 0.3) is 5.70 Å². The number of benzene rings is 1. The van der Waals surface area contributed by atoms with Gasteiger partial charge in [0.05, 0.1) is 18.2 Å². The lowest BCUT2D eigenvalue weighted by atomic mass is 10.1. The van der Waals surface area contributed by atoms with Crippen LogP contribution in [-0.2, 0) is 20.5 Å². The molecule has 1 rings (SSSR count). The van der Waals surface area contributed by atoms with Gasteiger partial charge in [0.1, 0.15) is 11.5 Å². The second-order valence-electron chi connectivity index (χ2n) is 4.89. The number of amidine groups is 1. The Morgan fingerprint density at radius 2 is 1.76 bits per heavy atom. The number of halogens is 3. The first-order valence-corrected chi connectivity index (χ1v) is 6.80. The molecule has 0 saturated carbocycles. The molecule has 0 unspecified atom stereocenters. The van der Waals surface area contributed by atoms with Crippen molar-refractivity contribution in [2.75, 3.05) is 7.11 Å². The number of ether oxygens (including phenoxy) is 1. The minimum Gasteiger partial charge on any atom is -0.464 e. The topological polar surface area (TPSA) is 105 Å². The molecule has 4 N–H and O–H groups in total. The van der Waals surface area contributed by atoms with Gasteiger partial charge in [0, 0.05) is 5.70 Å². The number of alkyl halides is 3. The second kappa shape index (κ2) is 7.65. The fraction of sp³-hybridized carbons (Fsp3) is 0.188. The van der Waals surface area contributed by atoms with Gasteiger partial charge in [0.25, 0.3) is 0 Å². The first-order valence-electron chi connectivity index (χ1n) is 6.80. The van der Waals surface area contributed by atoms with Gasteiger partial charge in [-0.25, -0.2) is 4.79 Å². The highest BCUT2D eigenvalue weighted by Gasteiger charge is 2.30. The van der Waals surface area contributed by atoms with Crippen LogP contribution in [0.15, 0.2) is 42.1 Å². The van der Waals surface area contributed by atoms with Crippen LogP contribution in [0, 0.1) is 5.41 Å². The summed E-state index contributed by atoms with van der Waals surface area (Å²) in [7, 11) is 1.06. The molecule has 0 aliphatic carbocycles. The van der Waals surface area contributed by atoms with Gasteiger partial charge in [-0.05, 0) is 24.6 Å². The molecule has 0 aliphatic heterocycles. The van der Waals surface area contributed by atoms with Crippen molar-refractivity contribution in [1.82, 2.24) is 5.32 Å². The molecule has 0 heterocycles. The summed E-state index contributed by atoms with van der Waals surface area (Å²) in [4.78, 5) is 23.5. The van der Waals surface area contributed by atoms with E-state index in [-0.39, 0.29) is 11.3 Å².